The standard InChI is InChI=1S/C27H15NO2/c29-26-18-8-3-4-11-23(18)28-24-19(26)9-5-10-20(24)27(30)21-13-12-17-16-7-2-1-6-15(16)14-22(17)25(21)28/h1-13H,14H2. The zero-order valence-corrected chi connectivity index (χ0v) is 16.0. The van der Waals surface area contributed by atoms with E-state index in [1.54, 1.807) is 0 Å². The summed E-state index contributed by atoms with van der Waals surface area (Å²) in [6.07, 6.45) is 0.784. The van der Waals surface area contributed by atoms with E-state index in [0.29, 0.717) is 21.5 Å². The quantitative estimate of drug-likeness (QED) is 0.268. The highest BCUT2D eigenvalue weighted by atomic mass is 16.1. The molecule has 1 aliphatic carbocycles. The largest absolute Gasteiger partial charge is 0.307 e. The van der Waals surface area contributed by atoms with E-state index in [1.807, 2.05) is 48.5 Å². The minimum Gasteiger partial charge on any atom is -0.307 e. The molecule has 0 aliphatic heterocycles. The molecule has 3 nitrogen and oxygen atoms in total. The average Bonchev–Trinajstić information content (AvgIpc) is 3.17. The third-order valence-electron chi connectivity index (χ3n) is 6.56. The molecule has 0 bridgehead atoms. The molecule has 0 N–H and O–H groups in total. The summed E-state index contributed by atoms with van der Waals surface area (Å²) in [6, 6.07) is 25.6. The van der Waals surface area contributed by atoms with Gasteiger partial charge < -0.3 is 4.40 Å². The second-order valence-corrected chi connectivity index (χ2v) is 8.03. The van der Waals surface area contributed by atoms with Gasteiger partial charge in [-0.2, -0.15) is 0 Å². The van der Waals surface area contributed by atoms with Gasteiger partial charge in [0.25, 0.3) is 0 Å². The van der Waals surface area contributed by atoms with Crippen LogP contribution in [0.4, 0.5) is 0 Å². The summed E-state index contributed by atoms with van der Waals surface area (Å²) in [5.74, 6) is 0. The second-order valence-electron chi connectivity index (χ2n) is 8.03. The summed E-state index contributed by atoms with van der Waals surface area (Å²) in [5.41, 5.74) is 7.29. The van der Waals surface area contributed by atoms with Crippen molar-refractivity contribution >= 4 is 38.1 Å². The molecule has 4 aromatic carbocycles. The maximum absolute atomic E-state index is 13.5. The number of benzene rings is 4. The van der Waals surface area contributed by atoms with E-state index in [0.717, 1.165) is 28.5 Å². The Kier molecular flexibility index (Phi) is 2.82. The van der Waals surface area contributed by atoms with Gasteiger partial charge in [0.2, 0.25) is 0 Å². The van der Waals surface area contributed by atoms with Crippen LogP contribution in [0.5, 0.6) is 0 Å². The first-order valence-corrected chi connectivity index (χ1v) is 10.1. The monoisotopic (exact) mass is 385 g/mol. The van der Waals surface area contributed by atoms with Gasteiger partial charge in [0.15, 0.2) is 10.9 Å². The second kappa shape index (κ2) is 5.33. The van der Waals surface area contributed by atoms with Crippen molar-refractivity contribution in [2.45, 2.75) is 6.42 Å². The Labute approximate surface area is 170 Å². The Morgan fingerprint density at radius 3 is 2.10 bits per heavy atom. The number of rotatable bonds is 0. The number of hydrogen-bond donors (Lipinski definition) is 0. The van der Waals surface area contributed by atoms with Gasteiger partial charge in [0.05, 0.1) is 16.6 Å². The molecule has 3 heteroatoms. The molecule has 6 aromatic rings. The maximum atomic E-state index is 13.5. The first kappa shape index (κ1) is 15.9. The van der Waals surface area contributed by atoms with Gasteiger partial charge in [-0.05, 0) is 52.6 Å². The molecule has 1 aliphatic rings. The lowest BCUT2D eigenvalue weighted by Crippen LogP contribution is -2.14. The van der Waals surface area contributed by atoms with Crippen LogP contribution < -0.4 is 10.9 Å². The smallest absolute Gasteiger partial charge is 0.197 e. The fourth-order valence-electron chi connectivity index (χ4n) is 5.29. The summed E-state index contributed by atoms with van der Waals surface area (Å²) < 4.78 is 2.16. The van der Waals surface area contributed by atoms with Gasteiger partial charge >= 0.3 is 0 Å². The van der Waals surface area contributed by atoms with Crippen molar-refractivity contribution in [3.05, 3.63) is 110 Å². The predicted octanol–water partition coefficient (Wildman–Crippen LogP) is 5.13. The molecule has 0 amide bonds. The summed E-state index contributed by atoms with van der Waals surface area (Å²) >= 11 is 0. The van der Waals surface area contributed by atoms with Crippen molar-refractivity contribution in [1.82, 2.24) is 4.40 Å². The van der Waals surface area contributed by atoms with E-state index in [4.69, 9.17) is 0 Å². The topological polar surface area (TPSA) is 38.5 Å². The zero-order chi connectivity index (χ0) is 20.0. The van der Waals surface area contributed by atoms with Crippen LogP contribution in [0.1, 0.15) is 11.1 Å². The highest BCUT2D eigenvalue weighted by Crippen LogP contribution is 2.41. The Morgan fingerprint density at radius 2 is 1.23 bits per heavy atom. The molecule has 0 saturated carbocycles. The van der Waals surface area contributed by atoms with Crippen molar-refractivity contribution in [2.24, 2.45) is 0 Å². The Hall–Kier alpha value is -3.98. The molecule has 2 aromatic heterocycles. The van der Waals surface area contributed by atoms with Gasteiger partial charge in [-0.3, -0.25) is 9.59 Å². The van der Waals surface area contributed by atoms with Gasteiger partial charge in [-0.1, -0.05) is 48.5 Å². The number of aromatic nitrogens is 1. The SMILES string of the molecule is O=c1c2ccccc2n2c3c4c(ccc3c(=O)c3cccc1c32)-c1ccccc1C4. The molecule has 2 heterocycles. The molecule has 0 fully saturated rings. The van der Waals surface area contributed by atoms with Crippen molar-refractivity contribution in [2.75, 3.05) is 0 Å². The van der Waals surface area contributed by atoms with Crippen molar-refractivity contribution in [3.8, 4) is 11.1 Å². The van der Waals surface area contributed by atoms with Gasteiger partial charge in [0.1, 0.15) is 0 Å². The van der Waals surface area contributed by atoms with Crippen LogP contribution in [0, 0.1) is 0 Å². The Morgan fingerprint density at radius 1 is 0.567 bits per heavy atom. The Balaban J connectivity index is 1.86. The van der Waals surface area contributed by atoms with Crippen LogP contribution in [0.25, 0.3) is 49.2 Å². The minimum atomic E-state index is -0.0224. The summed E-state index contributed by atoms with van der Waals surface area (Å²) in [4.78, 5) is 26.7. The average molecular weight is 385 g/mol. The minimum absolute atomic E-state index is 0.0102. The molecule has 0 saturated heterocycles. The highest BCUT2D eigenvalue weighted by Gasteiger charge is 2.24. The first-order chi connectivity index (χ1) is 14.7. The fourth-order valence-corrected chi connectivity index (χ4v) is 5.29. The van der Waals surface area contributed by atoms with Crippen LogP contribution in [0.3, 0.4) is 0 Å². The van der Waals surface area contributed by atoms with Crippen LogP contribution >= 0.6 is 0 Å². The molecule has 0 atom stereocenters. The van der Waals surface area contributed by atoms with E-state index < -0.39 is 0 Å². The fraction of sp³-hybridized carbons (Fsp3) is 0.0370. The zero-order valence-electron chi connectivity index (χ0n) is 16.0. The number of nitrogens with zero attached hydrogens (tertiary/aromatic N) is 1. The summed E-state index contributed by atoms with van der Waals surface area (Å²) in [6.45, 7) is 0. The molecule has 0 spiro atoms. The van der Waals surface area contributed by atoms with Gasteiger partial charge in [0, 0.05) is 28.0 Å². The van der Waals surface area contributed by atoms with E-state index >= 15 is 0 Å². The summed E-state index contributed by atoms with van der Waals surface area (Å²) in [5, 5.41) is 2.57. The number of para-hydroxylation sites is 2. The van der Waals surface area contributed by atoms with E-state index in [9.17, 15) is 9.59 Å². The first-order valence-electron chi connectivity index (χ1n) is 10.1. The molecule has 140 valence electrons. The number of pyridine rings is 2. The van der Waals surface area contributed by atoms with E-state index in [1.165, 1.54) is 16.7 Å². The molecule has 30 heavy (non-hydrogen) atoms. The van der Waals surface area contributed by atoms with Gasteiger partial charge in [-0.25, -0.2) is 0 Å². The number of hydrogen-bond acceptors (Lipinski definition) is 2. The lowest BCUT2D eigenvalue weighted by atomic mass is 9.98. The van der Waals surface area contributed by atoms with Crippen molar-refractivity contribution in [1.29, 1.82) is 0 Å². The van der Waals surface area contributed by atoms with Crippen LogP contribution in [0.2, 0.25) is 0 Å². The van der Waals surface area contributed by atoms with E-state index in [2.05, 4.69) is 34.7 Å². The molecular formula is C27H15NO2. The summed E-state index contributed by atoms with van der Waals surface area (Å²) in [7, 11) is 0. The third-order valence-corrected chi connectivity index (χ3v) is 6.56. The molecule has 0 radical (unpaired) electrons. The van der Waals surface area contributed by atoms with Gasteiger partial charge in [-0.15, -0.1) is 0 Å². The number of fused-ring (bicyclic) bond motifs is 8. The van der Waals surface area contributed by atoms with E-state index in [-0.39, 0.29) is 10.9 Å². The van der Waals surface area contributed by atoms with Crippen LogP contribution in [0.15, 0.2) is 88.5 Å². The third kappa shape index (κ3) is 1.76. The lowest BCUT2D eigenvalue weighted by Gasteiger charge is -2.16. The molecule has 7 rings (SSSR count). The molecule has 0 unspecified atom stereocenters. The normalized spacial score (nSPS) is 12.8. The van der Waals surface area contributed by atoms with Crippen molar-refractivity contribution in [3.63, 3.8) is 0 Å². The Bertz CT molecular complexity index is 1800. The lowest BCUT2D eigenvalue weighted by molar-refractivity contribution is 1.23. The maximum Gasteiger partial charge on any atom is 0.197 e. The predicted molar refractivity (Wildman–Crippen MR) is 122 cm³/mol. The highest BCUT2D eigenvalue weighted by molar-refractivity contribution is 6.09. The molecular weight excluding hydrogens is 370 g/mol. The van der Waals surface area contributed by atoms with Crippen LogP contribution in [-0.4, -0.2) is 4.40 Å². The van der Waals surface area contributed by atoms with Crippen molar-refractivity contribution < 1.29 is 0 Å². The van der Waals surface area contributed by atoms with Crippen LogP contribution in [-0.2, 0) is 6.42 Å².